The van der Waals surface area contributed by atoms with E-state index in [4.69, 9.17) is 16.0 Å². The zero-order valence-electron chi connectivity index (χ0n) is 12.3. The Balaban J connectivity index is 1.54. The molecule has 4 nitrogen and oxygen atoms in total. The minimum atomic E-state index is 0.659. The van der Waals surface area contributed by atoms with E-state index in [1.807, 2.05) is 18.2 Å². The number of halogens is 1. The highest BCUT2D eigenvalue weighted by atomic mass is 35.5. The van der Waals surface area contributed by atoms with E-state index in [0.717, 1.165) is 30.6 Å². The highest BCUT2D eigenvalue weighted by Gasteiger charge is 2.23. The van der Waals surface area contributed by atoms with Crippen LogP contribution in [0.4, 0.5) is 6.01 Å². The number of benzene rings is 2. The molecule has 0 atom stereocenters. The van der Waals surface area contributed by atoms with Crippen LogP contribution in [0, 0.1) is 0 Å². The normalized spacial score (nSPS) is 14.6. The molecule has 5 heteroatoms. The predicted molar refractivity (Wildman–Crippen MR) is 92.1 cm³/mol. The predicted octanol–water partition coefficient (Wildman–Crippen LogP) is 4.53. The number of oxazole rings is 1. The summed E-state index contributed by atoms with van der Waals surface area (Å²) in [6, 6.07) is 14.7. The molecule has 0 amide bonds. The smallest absolute Gasteiger partial charge is 0.298 e. The van der Waals surface area contributed by atoms with E-state index < -0.39 is 0 Å². The van der Waals surface area contributed by atoms with E-state index in [1.54, 1.807) is 0 Å². The summed E-state index contributed by atoms with van der Waals surface area (Å²) in [6.45, 7) is 1.68. The quantitative estimate of drug-likeness (QED) is 0.560. The fourth-order valence-electron chi connectivity index (χ4n) is 3.38. The Hall–Kier alpha value is -2.46. The molecule has 4 aromatic rings. The molecule has 2 aromatic heterocycles. The van der Waals surface area contributed by atoms with Gasteiger partial charge in [0, 0.05) is 34.2 Å². The van der Waals surface area contributed by atoms with E-state index in [1.165, 1.54) is 22.2 Å². The molecule has 2 aromatic carbocycles. The third-order valence-electron chi connectivity index (χ3n) is 4.49. The summed E-state index contributed by atoms with van der Waals surface area (Å²) in [5.41, 5.74) is 5.43. The maximum Gasteiger partial charge on any atom is 0.298 e. The number of fused-ring (bicyclic) bond motifs is 4. The first-order chi connectivity index (χ1) is 11.3. The largest absolute Gasteiger partial charge is 0.423 e. The van der Waals surface area contributed by atoms with Crippen LogP contribution in [0.5, 0.6) is 0 Å². The highest BCUT2D eigenvalue weighted by Crippen LogP contribution is 2.31. The molecule has 0 fully saturated rings. The van der Waals surface area contributed by atoms with Crippen LogP contribution >= 0.6 is 11.6 Å². The maximum absolute atomic E-state index is 6.02. The summed E-state index contributed by atoms with van der Waals surface area (Å²) >= 11 is 6.02. The van der Waals surface area contributed by atoms with E-state index in [2.05, 4.69) is 39.1 Å². The van der Waals surface area contributed by atoms with Crippen LogP contribution < -0.4 is 4.90 Å². The lowest BCUT2D eigenvalue weighted by Crippen LogP contribution is -2.30. The van der Waals surface area contributed by atoms with Crippen LogP contribution in [0.15, 0.2) is 46.9 Å². The first-order valence-corrected chi connectivity index (χ1v) is 8.05. The summed E-state index contributed by atoms with van der Waals surface area (Å²) in [4.78, 5) is 10.3. The van der Waals surface area contributed by atoms with Crippen molar-refractivity contribution in [1.29, 1.82) is 0 Å². The molecule has 0 saturated heterocycles. The monoisotopic (exact) mass is 323 g/mol. The molecule has 1 aliphatic rings. The Kier molecular flexibility index (Phi) is 2.70. The zero-order chi connectivity index (χ0) is 15.4. The van der Waals surface area contributed by atoms with Crippen LogP contribution in [0.3, 0.4) is 0 Å². The topological polar surface area (TPSA) is 45.1 Å². The lowest BCUT2D eigenvalue weighted by molar-refractivity contribution is 0.553. The molecule has 23 heavy (non-hydrogen) atoms. The first kappa shape index (κ1) is 13.0. The minimum Gasteiger partial charge on any atom is -0.423 e. The van der Waals surface area contributed by atoms with Gasteiger partial charge in [0.2, 0.25) is 0 Å². The third kappa shape index (κ3) is 2.02. The van der Waals surface area contributed by atoms with Crippen molar-refractivity contribution in [3.63, 3.8) is 0 Å². The van der Waals surface area contributed by atoms with Crippen LogP contribution in [-0.2, 0) is 13.0 Å². The molecule has 0 spiro atoms. The lowest BCUT2D eigenvalue weighted by atomic mass is 10.0. The number of H-pyrrole nitrogens is 1. The number of para-hydroxylation sites is 1. The summed E-state index contributed by atoms with van der Waals surface area (Å²) in [7, 11) is 0. The van der Waals surface area contributed by atoms with Crippen molar-refractivity contribution in [1.82, 2.24) is 9.97 Å². The van der Waals surface area contributed by atoms with Gasteiger partial charge >= 0.3 is 0 Å². The van der Waals surface area contributed by atoms with Crippen LogP contribution in [-0.4, -0.2) is 16.5 Å². The van der Waals surface area contributed by atoms with Gasteiger partial charge in [0.25, 0.3) is 6.01 Å². The molecule has 5 rings (SSSR count). The molecular weight excluding hydrogens is 310 g/mol. The molecule has 114 valence electrons. The number of aromatic amines is 1. The molecule has 1 N–H and O–H groups in total. The number of anilines is 1. The number of hydrogen-bond acceptors (Lipinski definition) is 3. The Labute approximate surface area is 137 Å². The van der Waals surface area contributed by atoms with Gasteiger partial charge in [0.1, 0.15) is 5.52 Å². The van der Waals surface area contributed by atoms with Crippen molar-refractivity contribution >= 4 is 39.6 Å². The maximum atomic E-state index is 6.02. The van der Waals surface area contributed by atoms with Gasteiger partial charge in [-0.05, 0) is 30.2 Å². The van der Waals surface area contributed by atoms with Gasteiger partial charge in [-0.15, -0.1) is 0 Å². The van der Waals surface area contributed by atoms with Gasteiger partial charge in [-0.25, -0.2) is 0 Å². The van der Waals surface area contributed by atoms with E-state index >= 15 is 0 Å². The summed E-state index contributed by atoms with van der Waals surface area (Å²) < 4.78 is 5.89. The van der Waals surface area contributed by atoms with Gasteiger partial charge in [0.15, 0.2) is 5.58 Å². The van der Waals surface area contributed by atoms with E-state index in [0.29, 0.717) is 11.0 Å². The molecule has 1 aliphatic heterocycles. The summed E-state index contributed by atoms with van der Waals surface area (Å²) in [5, 5.41) is 1.99. The Morgan fingerprint density at radius 2 is 2.09 bits per heavy atom. The van der Waals surface area contributed by atoms with Crippen molar-refractivity contribution in [2.45, 2.75) is 13.0 Å². The van der Waals surface area contributed by atoms with Crippen molar-refractivity contribution in [3.05, 3.63) is 58.7 Å². The van der Waals surface area contributed by atoms with Crippen molar-refractivity contribution < 1.29 is 4.42 Å². The van der Waals surface area contributed by atoms with Crippen LogP contribution in [0.1, 0.15) is 11.3 Å². The number of nitrogens with one attached hydrogen (secondary N) is 1. The van der Waals surface area contributed by atoms with E-state index in [9.17, 15) is 0 Å². The zero-order valence-corrected chi connectivity index (χ0v) is 13.1. The fourth-order valence-corrected chi connectivity index (χ4v) is 3.54. The van der Waals surface area contributed by atoms with Gasteiger partial charge < -0.3 is 14.3 Å². The van der Waals surface area contributed by atoms with Gasteiger partial charge in [0.05, 0.1) is 6.54 Å². The van der Waals surface area contributed by atoms with Crippen LogP contribution in [0.2, 0.25) is 5.02 Å². The summed E-state index contributed by atoms with van der Waals surface area (Å²) in [5.74, 6) is 0. The number of aromatic nitrogens is 2. The van der Waals surface area contributed by atoms with Crippen molar-refractivity contribution in [2.75, 3.05) is 11.4 Å². The van der Waals surface area contributed by atoms with Gasteiger partial charge in [-0.2, -0.15) is 4.98 Å². The number of rotatable bonds is 1. The lowest BCUT2D eigenvalue weighted by Gasteiger charge is -2.25. The number of nitrogens with zero attached hydrogens (tertiary/aromatic N) is 2. The van der Waals surface area contributed by atoms with Crippen molar-refractivity contribution in [2.24, 2.45) is 0 Å². The number of hydrogen-bond donors (Lipinski definition) is 1. The molecule has 0 aliphatic carbocycles. The first-order valence-electron chi connectivity index (χ1n) is 7.67. The third-order valence-corrected chi connectivity index (χ3v) is 4.73. The molecule has 0 bridgehead atoms. The summed E-state index contributed by atoms with van der Waals surface area (Å²) in [6.07, 6.45) is 0.985. The Morgan fingerprint density at radius 1 is 1.17 bits per heavy atom. The van der Waals surface area contributed by atoms with Gasteiger partial charge in [-0.1, -0.05) is 29.8 Å². The standard InChI is InChI=1S/C18H14ClN3O/c19-11-5-6-15-17(9-11)23-18(21-15)22-8-7-13-12-3-1-2-4-14(12)20-16(13)10-22/h1-6,9,20H,7-8,10H2. The average Bonchev–Trinajstić information content (AvgIpc) is 3.14. The average molecular weight is 324 g/mol. The van der Waals surface area contributed by atoms with E-state index in [-0.39, 0.29) is 0 Å². The molecule has 3 heterocycles. The molecular formula is C18H14ClN3O. The van der Waals surface area contributed by atoms with Crippen LogP contribution in [0.25, 0.3) is 22.0 Å². The second kappa shape index (κ2) is 4.77. The second-order valence-corrected chi connectivity index (χ2v) is 6.34. The minimum absolute atomic E-state index is 0.659. The van der Waals surface area contributed by atoms with Crippen molar-refractivity contribution in [3.8, 4) is 0 Å². The molecule has 0 unspecified atom stereocenters. The van der Waals surface area contributed by atoms with Gasteiger partial charge in [-0.3, -0.25) is 0 Å². The Bertz CT molecular complexity index is 1030. The molecule has 0 radical (unpaired) electrons. The Morgan fingerprint density at radius 3 is 3.04 bits per heavy atom. The highest BCUT2D eigenvalue weighted by molar-refractivity contribution is 6.31. The SMILES string of the molecule is Clc1ccc2nc(N3CCc4c([nH]c5ccccc45)C3)oc2c1. The molecule has 0 saturated carbocycles. The second-order valence-electron chi connectivity index (χ2n) is 5.91. The fraction of sp³-hybridized carbons (Fsp3) is 0.167.